The van der Waals surface area contributed by atoms with E-state index in [4.69, 9.17) is 11.6 Å². The van der Waals surface area contributed by atoms with Gasteiger partial charge < -0.3 is 10.2 Å². The molecule has 13 heteroatoms. The number of hydrogen-bond acceptors (Lipinski definition) is 4. The van der Waals surface area contributed by atoms with Crippen LogP contribution < -0.4 is 9.62 Å². The van der Waals surface area contributed by atoms with Gasteiger partial charge in [-0.3, -0.25) is 13.9 Å². The van der Waals surface area contributed by atoms with Crippen LogP contribution in [0.1, 0.15) is 30.0 Å². The zero-order valence-electron chi connectivity index (χ0n) is 25.3. The van der Waals surface area contributed by atoms with Gasteiger partial charge in [-0.2, -0.15) is 13.2 Å². The van der Waals surface area contributed by atoms with Crippen LogP contribution in [0.3, 0.4) is 0 Å². The fraction of sp³-hybridized carbons (Fsp3) is 0.235. The van der Waals surface area contributed by atoms with E-state index in [9.17, 15) is 35.6 Å². The molecule has 0 heterocycles. The van der Waals surface area contributed by atoms with Crippen molar-refractivity contribution in [3.63, 3.8) is 0 Å². The Hall–Kier alpha value is -4.42. The maximum absolute atomic E-state index is 14.4. The summed E-state index contributed by atoms with van der Waals surface area (Å²) in [5.41, 5.74) is -0.636. The van der Waals surface area contributed by atoms with Gasteiger partial charge in [0.15, 0.2) is 0 Å². The first kappa shape index (κ1) is 35.4. The number of carbonyl (C=O) groups excluding carboxylic acids is 2. The molecule has 0 aliphatic heterocycles. The number of benzene rings is 4. The molecule has 0 saturated heterocycles. The number of nitrogens with zero attached hydrogens (tertiary/aromatic N) is 2. The Morgan fingerprint density at radius 2 is 1.49 bits per heavy atom. The summed E-state index contributed by atoms with van der Waals surface area (Å²) < 4.78 is 83.7. The van der Waals surface area contributed by atoms with Crippen LogP contribution in [0.15, 0.2) is 108 Å². The SMILES string of the molecule is CCCNC(=O)C(Cc1ccccc1)N(Cc1ccc(F)cc1)C(=O)CN(c1cc(C(F)(F)F)ccc1Cl)S(=O)(=O)c1ccccc1. The van der Waals surface area contributed by atoms with Crippen molar-refractivity contribution in [2.75, 3.05) is 17.4 Å². The molecule has 1 atom stereocenters. The Bertz CT molecular complexity index is 1780. The number of hydrogen-bond donors (Lipinski definition) is 1. The van der Waals surface area contributed by atoms with E-state index in [2.05, 4.69) is 5.32 Å². The van der Waals surface area contributed by atoms with Crippen molar-refractivity contribution in [2.45, 2.75) is 43.4 Å². The highest BCUT2D eigenvalue weighted by atomic mass is 35.5. The van der Waals surface area contributed by atoms with Crippen molar-refractivity contribution in [1.82, 2.24) is 10.2 Å². The van der Waals surface area contributed by atoms with Gasteiger partial charge >= 0.3 is 6.18 Å². The van der Waals surface area contributed by atoms with Gasteiger partial charge in [0.25, 0.3) is 10.0 Å². The highest BCUT2D eigenvalue weighted by Crippen LogP contribution is 2.37. The number of halogens is 5. The van der Waals surface area contributed by atoms with Crippen LogP contribution in [0.2, 0.25) is 5.02 Å². The first-order chi connectivity index (χ1) is 22.3. The van der Waals surface area contributed by atoms with E-state index >= 15 is 0 Å². The molecule has 0 saturated carbocycles. The van der Waals surface area contributed by atoms with Crippen molar-refractivity contribution in [2.24, 2.45) is 0 Å². The number of carbonyl (C=O) groups is 2. The molecule has 1 N–H and O–H groups in total. The van der Waals surface area contributed by atoms with Gasteiger partial charge in [0.05, 0.1) is 21.2 Å². The van der Waals surface area contributed by atoms with Crippen molar-refractivity contribution in [3.05, 3.63) is 131 Å². The second-order valence-electron chi connectivity index (χ2n) is 10.6. The molecule has 0 radical (unpaired) electrons. The lowest BCUT2D eigenvalue weighted by Gasteiger charge is -2.34. The molecule has 4 rings (SSSR count). The second-order valence-corrected chi connectivity index (χ2v) is 12.9. The van der Waals surface area contributed by atoms with Gasteiger partial charge in [-0.15, -0.1) is 0 Å². The smallest absolute Gasteiger partial charge is 0.354 e. The standard InChI is InChI=1S/C34H32ClF4N3O4S/c1-2-19-40-33(44)31(20-24-9-5-3-6-10-24)41(22-25-13-16-27(36)17-14-25)32(43)23-42(47(45,46)28-11-7-4-8-12-28)30-21-26(34(37,38)39)15-18-29(30)35/h3-18,21,31H,2,19-20,22-23H2,1H3,(H,40,44). The Kier molecular flexibility index (Phi) is 11.6. The van der Waals surface area contributed by atoms with Crippen LogP contribution in [0.4, 0.5) is 23.2 Å². The predicted molar refractivity (Wildman–Crippen MR) is 172 cm³/mol. The zero-order valence-corrected chi connectivity index (χ0v) is 26.8. The summed E-state index contributed by atoms with van der Waals surface area (Å²) in [6.07, 6.45) is -4.23. The van der Waals surface area contributed by atoms with Gasteiger partial charge in [-0.1, -0.05) is 79.2 Å². The Morgan fingerprint density at radius 1 is 0.872 bits per heavy atom. The maximum Gasteiger partial charge on any atom is 0.416 e. The Balaban J connectivity index is 1.86. The predicted octanol–water partition coefficient (Wildman–Crippen LogP) is 6.86. The molecule has 1 unspecified atom stereocenters. The fourth-order valence-electron chi connectivity index (χ4n) is 4.82. The van der Waals surface area contributed by atoms with Crippen molar-refractivity contribution >= 4 is 39.1 Å². The molecule has 0 spiro atoms. The van der Waals surface area contributed by atoms with Crippen LogP contribution in [-0.4, -0.2) is 44.3 Å². The Morgan fingerprint density at radius 3 is 2.09 bits per heavy atom. The average molecular weight is 690 g/mol. The van der Waals surface area contributed by atoms with E-state index in [1.54, 1.807) is 36.4 Å². The van der Waals surface area contributed by atoms with E-state index in [1.165, 1.54) is 48.5 Å². The average Bonchev–Trinajstić information content (AvgIpc) is 3.05. The number of amides is 2. The summed E-state index contributed by atoms with van der Waals surface area (Å²) in [5.74, 6) is -1.97. The third-order valence-corrected chi connectivity index (χ3v) is 9.33. The van der Waals surface area contributed by atoms with Crippen LogP contribution in [0.5, 0.6) is 0 Å². The van der Waals surface area contributed by atoms with Crippen LogP contribution >= 0.6 is 11.6 Å². The lowest BCUT2D eigenvalue weighted by Crippen LogP contribution is -2.53. The van der Waals surface area contributed by atoms with Crippen LogP contribution in [0, 0.1) is 5.82 Å². The van der Waals surface area contributed by atoms with E-state index in [-0.39, 0.29) is 29.4 Å². The van der Waals surface area contributed by atoms with E-state index in [0.717, 1.165) is 11.0 Å². The van der Waals surface area contributed by atoms with E-state index in [1.807, 2.05) is 6.92 Å². The fourth-order valence-corrected chi connectivity index (χ4v) is 6.54. The minimum absolute atomic E-state index is 0.0269. The third kappa shape index (κ3) is 9.11. The van der Waals surface area contributed by atoms with Gasteiger partial charge in [0.2, 0.25) is 11.8 Å². The van der Waals surface area contributed by atoms with Gasteiger partial charge in [-0.25, -0.2) is 12.8 Å². The molecule has 4 aromatic carbocycles. The second kappa shape index (κ2) is 15.4. The number of nitrogens with one attached hydrogen (secondary N) is 1. The topological polar surface area (TPSA) is 86.8 Å². The monoisotopic (exact) mass is 689 g/mol. The molecule has 0 aromatic heterocycles. The van der Waals surface area contributed by atoms with Crippen LogP contribution in [0.25, 0.3) is 0 Å². The van der Waals surface area contributed by atoms with Crippen molar-refractivity contribution < 1.29 is 35.6 Å². The first-order valence-electron chi connectivity index (χ1n) is 14.6. The zero-order chi connectivity index (χ0) is 34.2. The molecule has 0 aliphatic rings. The first-order valence-corrected chi connectivity index (χ1v) is 16.4. The number of rotatable bonds is 13. The largest absolute Gasteiger partial charge is 0.416 e. The molecular formula is C34H32ClF4N3O4S. The molecule has 0 aliphatic carbocycles. The van der Waals surface area contributed by atoms with Gasteiger partial charge in [0.1, 0.15) is 18.4 Å². The molecule has 4 aromatic rings. The van der Waals surface area contributed by atoms with Crippen molar-refractivity contribution in [3.8, 4) is 0 Å². The molecular weight excluding hydrogens is 658 g/mol. The number of anilines is 1. The summed E-state index contributed by atoms with van der Waals surface area (Å²) in [6.45, 7) is 0.883. The minimum atomic E-state index is -4.85. The maximum atomic E-state index is 14.4. The highest BCUT2D eigenvalue weighted by molar-refractivity contribution is 7.92. The molecule has 2 amide bonds. The summed E-state index contributed by atoms with van der Waals surface area (Å²) in [4.78, 5) is 28.9. The Labute approximate surface area is 275 Å². The molecule has 7 nitrogen and oxygen atoms in total. The van der Waals surface area contributed by atoms with E-state index in [0.29, 0.717) is 34.0 Å². The van der Waals surface area contributed by atoms with Crippen LogP contribution in [-0.2, 0) is 38.8 Å². The molecule has 0 bridgehead atoms. The van der Waals surface area contributed by atoms with Gasteiger partial charge in [-0.05, 0) is 60.0 Å². The molecule has 47 heavy (non-hydrogen) atoms. The molecule has 248 valence electrons. The minimum Gasteiger partial charge on any atom is -0.354 e. The summed E-state index contributed by atoms with van der Waals surface area (Å²) in [5, 5.41) is 2.44. The lowest BCUT2D eigenvalue weighted by molar-refractivity contribution is -0.140. The van der Waals surface area contributed by atoms with Crippen molar-refractivity contribution in [1.29, 1.82) is 0 Å². The molecule has 0 fully saturated rings. The third-order valence-electron chi connectivity index (χ3n) is 7.24. The number of alkyl halides is 3. The summed E-state index contributed by atoms with van der Waals surface area (Å²) in [7, 11) is -4.68. The summed E-state index contributed by atoms with van der Waals surface area (Å²) >= 11 is 6.32. The lowest BCUT2D eigenvalue weighted by atomic mass is 10.0. The number of sulfonamides is 1. The normalized spacial score (nSPS) is 12.3. The highest BCUT2D eigenvalue weighted by Gasteiger charge is 2.37. The van der Waals surface area contributed by atoms with Gasteiger partial charge in [0, 0.05) is 19.5 Å². The summed E-state index contributed by atoms with van der Waals surface area (Å²) in [6, 6.07) is 21.9. The van der Waals surface area contributed by atoms with E-state index < -0.39 is 57.7 Å². The quantitative estimate of drug-likeness (QED) is 0.156.